The van der Waals surface area contributed by atoms with E-state index in [1.807, 2.05) is 49.4 Å². The maximum Gasteiger partial charge on any atom is 0.259 e. The zero-order chi connectivity index (χ0) is 23.9. The van der Waals surface area contributed by atoms with Gasteiger partial charge in [-0.3, -0.25) is 4.79 Å². The Morgan fingerprint density at radius 3 is 2.79 bits per heavy atom. The standard InChI is InChI=1S/C27H25IN2O3S/c1-3-14-33-25-21(28)15-18(16-22(25)32-4-2)17-29-27-24(20-12-8-9-13-23(20)34-27)26(31)30-19-10-6-5-7-11-19/h1,5-7,10-11,15-17H,4,8-9,12-14H2,2H3,(H,30,31). The summed E-state index contributed by atoms with van der Waals surface area (Å²) in [5.41, 5.74) is 3.46. The van der Waals surface area contributed by atoms with E-state index in [1.165, 1.54) is 4.88 Å². The number of benzene rings is 2. The first-order valence-electron chi connectivity index (χ1n) is 11.2. The Balaban J connectivity index is 1.67. The first-order valence-corrected chi connectivity index (χ1v) is 13.1. The molecule has 0 aliphatic heterocycles. The van der Waals surface area contributed by atoms with Gasteiger partial charge in [-0.1, -0.05) is 24.1 Å². The molecule has 1 aromatic heterocycles. The lowest BCUT2D eigenvalue weighted by Crippen LogP contribution is -2.14. The van der Waals surface area contributed by atoms with Crippen LogP contribution >= 0.6 is 33.9 Å². The number of amides is 1. The molecule has 34 heavy (non-hydrogen) atoms. The Labute approximate surface area is 217 Å². The molecule has 4 rings (SSSR count). The number of rotatable bonds is 8. The van der Waals surface area contributed by atoms with Crippen LogP contribution in [0.25, 0.3) is 0 Å². The Morgan fingerprint density at radius 2 is 2.03 bits per heavy atom. The van der Waals surface area contributed by atoms with E-state index in [2.05, 4.69) is 33.8 Å². The molecule has 0 radical (unpaired) electrons. The van der Waals surface area contributed by atoms with E-state index in [4.69, 9.17) is 20.9 Å². The lowest BCUT2D eigenvalue weighted by atomic mass is 9.95. The van der Waals surface area contributed by atoms with Crippen LogP contribution in [0.3, 0.4) is 0 Å². The highest BCUT2D eigenvalue weighted by Crippen LogP contribution is 2.40. The van der Waals surface area contributed by atoms with E-state index in [9.17, 15) is 4.79 Å². The van der Waals surface area contributed by atoms with Gasteiger partial charge in [0.25, 0.3) is 5.91 Å². The predicted molar refractivity (Wildman–Crippen MR) is 147 cm³/mol. The van der Waals surface area contributed by atoms with Crippen molar-refractivity contribution < 1.29 is 14.3 Å². The van der Waals surface area contributed by atoms with Gasteiger partial charge in [0.05, 0.1) is 15.7 Å². The molecule has 1 N–H and O–H groups in total. The van der Waals surface area contributed by atoms with Crippen molar-refractivity contribution in [1.29, 1.82) is 0 Å². The molecule has 3 aromatic rings. The van der Waals surface area contributed by atoms with Crippen molar-refractivity contribution in [3.05, 3.63) is 67.6 Å². The highest BCUT2D eigenvalue weighted by molar-refractivity contribution is 14.1. The van der Waals surface area contributed by atoms with Crippen LogP contribution in [0.2, 0.25) is 0 Å². The summed E-state index contributed by atoms with van der Waals surface area (Å²) in [5, 5.41) is 3.77. The van der Waals surface area contributed by atoms with Crippen LogP contribution in [0.15, 0.2) is 47.5 Å². The number of nitrogens with zero attached hydrogens (tertiary/aromatic N) is 1. The summed E-state index contributed by atoms with van der Waals surface area (Å²) in [4.78, 5) is 19.3. The predicted octanol–water partition coefficient (Wildman–Crippen LogP) is 6.65. The Bertz CT molecular complexity index is 1240. The van der Waals surface area contributed by atoms with E-state index < -0.39 is 0 Å². The number of nitrogens with one attached hydrogen (secondary N) is 1. The van der Waals surface area contributed by atoms with Crippen LogP contribution in [-0.2, 0) is 12.8 Å². The molecular weight excluding hydrogens is 559 g/mol. The zero-order valence-corrected chi connectivity index (χ0v) is 21.9. The molecule has 0 spiro atoms. The number of anilines is 1. The molecule has 1 aliphatic carbocycles. The Hall–Kier alpha value is -2.83. The zero-order valence-electron chi connectivity index (χ0n) is 18.9. The summed E-state index contributed by atoms with van der Waals surface area (Å²) in [6, 6.07) is 13.4. The van der Waals surface area contributed by atoms with Gasteiger partial charge in [-0.05, 0) is 90.6 Å². The number of thiophene rings is 1. The topological polar surface area (TPSA) is 59.9 Å². The van der Waals surface area contributed by atoms with Gasteiger partial charge in [-0.25, -0.2) is 4.99 Å². The molecule has 0 fully saturated rings. The van der Waals surface area contributed by atoms with Crippen molar-refractivity contribution in [2.45, 2.75) is 32.6 Å². The molecule has 7 heteroatoms. The number of ether oxygens (including phenoxy) is 2. The third-order valence-electron chi connectivity index (χ3n) is 5.37. The number of carbonyl (C=O) groups is 1. The van der Waals surface area contributed by atoms with E-state index >= 15 is 0 Å². The number of carbonyl (C=O) groups excluding carboxylic acids is 1. The monoisotopic (exact) mass is 584 g/mol. The fourth-order valence-corrected chi connectivity index (χ4v) is 5.92. The number of terminal acetylenes is 1. The van der Waals surface area contributed by atoms with Crippen LogP contribution in [0.1, 0.15) is 46.1 Å². The first kappa shape index (κ1) is 24.3. The quantitative estimate of drug-likeness (QED) is 0.183. The second-order valence-corrected chi connectivity index (χ2v) is 9.97. The molecular formula is C27H25IN2O3S. The fourth-order valence-electron chi connectivity index (χ4n) is 3.90. The van der Waals surface area contributed by atoms with Gasteiger partial charge in [0, 0.05) is 16.8 Å². The minimum atomic E-state index is -0.111. The van der Waals surface area contributed by atoms with E-state index in [0.29, 0.717) is 23.7 Å². The van der Waals surface area contributed by atoms with Gasteiger partial charge in [-0.2, -0.15) is 0 Å². The number of aliphatic imine (C=N–C) groups is 1. The third kappa shape index (κ3) is 5.62. The number of halogens is 1. The van der Waals surface area contributed by atoms with Crippen molar-refractivity contribution in [3.8, 4) is 23.8 Å². The summed E-state index contributed by atoms with van der Waals surface area (Å²) in [6.07, 6.45) is 11.3. The molecule has 174 valence electrons. The van der Waals surface area contributed by atoms with Gasteiger partial charge >= 0.3 is 0 Å². The molecule has 0 atom stereocenters. The lowest BCUT2D eigenvalue weighted by molar-refractivity contribution is 0.102. The Kier molecular flexibility index (Phi) is 8.25. The molecule has 2 aromatic carbocycles. The van der Waals surface area contributed by atoms with Crippen molar-refractivity contribution in [3.63, 3.8) is 0 Å². The second-order valence-electron chi connectivity index (χ2n) is 7.73. The number of hydrogen-bond acceptors (Lipinski definition) is 5. The molecule has 0 bridgehead atoms. The molecule has 1 heterocycles. The smallest absolute Gasteiger partial charge is 0.259 e. The number of hydrogen-bond donors (Lipinski definition) is 1. The van der Waals surface area contributed by atoms with Gasteiger partial charge in [0.1, 0.15) is 11.6 Å². The highest BCUT2D eigenvalue weighted by Gasteiger charge is 2.25. The number of fused-ring (bicyclic) bond motifs is 1. The van der Waals surface area contributed by atoms with Crippen LogP contribution < -0.4 is 14.8 Å². The fraction of sp³-hybridized carbons (Fsp3) is 0.259. The summed E-state index contributed by atoms with van der Waals surface area (Å²) in [7, 11) is 0. The summed E-state index contributed by atoms with van der Waals surface area (Å²) < 4.78 is 12.3. The maximum atomic E-state index is 13.3. The Morgan fingerprint density at radius 1 is 1.24 bits per heavy atom. The molecule has 1 aliphatic rings. The maximum absolute atomic E-state index is 13.3. The highest BCUT2D eigenvalue weighted by atomic mass is 127. The number of para-hydroxylation sites is 1. The van der Waals surface area contributed by atoms with Crippen molar-refractivity contribution in [2.75, 3.05) is 18.5 Å². The van der Waals surface area contributed by atoms with E-state index in [0.717, 1.165) is 51.1 Å². The van der Waals surface area contributed by atoms with Crippen LogP contribution in [0, 0.1) is 15.9 Å². The molecule has 0 saturated heterocycles. The molecule has 5 nitrogen and oxygen atoms in total. The average Bonchev–Trinajstić information content (AvgIpc) is 3.22. The van der Waals surface area contributed by atoms with Gasteiger partial charge in [-0.15, -0.1) is 17.8 Å². The van der Waals surface area contributed by atoms with Crippen LogP contribution in [-0.4, -0.2) is 25.3 Å². The molecule has 1 amide bonds. The summed E-state index contributed by atoms with van der Waals surface area (Å²) in [5.74, 6) is 3.63. The minimum absolute atomic E-state index is 0.111. The average molecular weight is 584 g/mol. The minimum Gasteiger partial charge on any atom is -0.490 e. The van der Waals surface area contributed by atoms with E-state index in [-0.39, 0.29) is 12.5 Å². The van der Waals surface area contributed by atoms with Crippen LogP contribution in [0.4, 0.5) is 10.7 Å². The van der Waals surface area contributed by atoms with Gasteiger partial charge in [0.15, 0.2) is 11.5 Å². The van der Waals surface area contributed by atoms with E-state index in [1.54, 1.807) is 17.6 Å². The second kappa shape index (κ2) is 11.5. The van der Waals surface area contributed by atoms with Gasteiger partial charge in [0.2, 0.25) is 0 Å². The van der Waals surface area contributed by atoms with Crippen molar-refractivity contribution in [2.24, 2.45) is 4.99 Å². The lowest BCUT2D eigenvalue weighted by Gasteiger charge is -2.13. The first-order chi connectivity index (χ1) is 16.6. The third-order valence-corrected chi connectivity index (χ3v) is 7.37. The SMILES string of the molecule is C#CCOc1c(I)cc(C=Nc2sc3c(c2C(=O)Nc2ccccc2)CCCC3)cc1OCC. The number of aryl methyl sites for hydroxylation is 1. The van der Waals surface area contributed by atoms with Crippen LogP contribution in [0.5, 0.6) is 11.5 Å². The molecule has 0 unspecified atom stereocenters. The van der Waals surface area contributed by atoms with Crippen molar-refractivity contribution >= 4 is 56.7 Å². The van der Waals surface area contributed by atoms with Gasteiger partial charge < -0.3 is 14.8 Å². The largest absolute Gasteiger partial charge is 0.490 e. The molecule has 0 saturated carbocycles. The normalized spacial score (nSPS) is 12.7. The van der Waals surface area contributed by atoms with Crippen molar-refractivity contribution in [1.82, 2.24) is 0 Å². The summed E-state index contributed by atoms with van der Waals surface area (Å²) in [6.45, 7) is 2.60. The summed E-state index contributed by atoms with van der Waals surface area (Å²) >= 11 is 3.82.